The van der Waals surface area contributed by atoms with E-state index in [0.717, 1.165) is 28.2 Å². The van der Waals surface area contributed by atoms with E-state index in [0.29, 0.717) is 19.6 Å². The monoisotopic (exact) mass is 356 g/mol. The zero-order chi connectivity index (χ0) is 19.1. The summed E-state index contributed by atoms with van der Waals surface area (Å²) in [5.74, 6) is -0.296. The lowest BCUT2D eigenvalue weighted by molar-refractivity contribution is -0.123. The van der Waals surface area contributed by atoms with Crippen molar-refractivity contribution in [2.75, 3.05) is 14.2 Å². The van der Waals surface area contributed by atoms with E-state index < -0.39 is 5.41 Å². The van der Waals surface area contributed by atoms with Gasteiger partial charge in [0.25, 0.3) is 0 Å². The van der Waals surface area contributed by atoms with Crippen LogP contribution < -0.4 is 5.73 Å². The zero-order valence-electron chi connectivity index (χ0n) is 16.3. The normalized spacial score (nSPS) is 21.0. The highest BCUT2D eigenvalue weighted by Gasteiger charge is 2.53. The molecule has 1 heterocycles. The standard InChI is InChI=1S/C21H28N2O3/c1-20(2)13-21(3,19(22)24)18-16(12-26-5)23(14-9-7-6-8-10-14)15(11-25-4)17(18)20/h6-10H,11-13H2,1-5H3,(H2,22,24). The minimum atomic E-state index is -0.727. The number of rotatable bonds is 6. The molecule has 0 bridgehead atoms. The Morgan fingerprint density at radius 2 is 1.58 bits per heavy atom. The van der Waals surface area contributed by atoms with Gasteiger partial charge in [0.1, 0.15) is 0 Å². The van der Waals surface area contributed by atoms with Crippen LogP contribution in [0.25, 0.3) is 5.69 Å². The van der Waals surface area contributed by atoms with Gasteiger partial charge >= 0.3 is 0 Å². The maximum Gasteiger partial charge on any atom is 0.227 e. The number of primary amides is 1. The molecule has 0 saturated carbocycles. The van der Waals surface area contributed by atoms with Crippen molar-refractivity contribution < 1.29 is 14.3 Å². The van der Waals surface area contributed by atoms with E-state index in [2.05, 4.69) is 30.5 Å². The molecule has 5 nitrogen and oxygen atoms in total. The summed E-state index contributed by atoms with van der Waals surface area (Å²) in [6.45, 7) is 7.16. The zero-order valence-corrected chi connectivity index (χ0v) is 16.3. The highest BCUT2D eigenvalue weighted by atomic mass is 16.5. The Balaban J connectivity index is 2.42. The summed E-state index contributed by atoms with van der Waals surface area (Å²) in [6.07, 6.45) is 0.684. The average molecular weight is 356 g/mol. The number of nitrogens with two attached hydrogens (primary N) is 1. The molecule has 0 radical (unpaired) electrons. The van der Waals surface area contributed by atoms with Crippen LogP contribution >= 0.6 is 0 Å². The number of para-hydroxylation sites is 1. The van der Waals surface area contributed by atoms with Gasteiger partial charge in [0.2, 0.25) is 5.91 Å². The first-order chi connectivity index (χ1) is 12.3. The fraction of sp³-hybridized carbons (Fsp3) is 0.476. The predicted molar refractivity (Wildman–Crippen MR) is 101 cm³/mol. The Bertz CT molecular complexity index is 824. The molecule has 1 amide bonds. The second-order valence-corrected chi connectivity index (χ2v) is 7.94. The van der Waals surface area contributed by atoms with Gasteiger partial charge in [-0.05, 0) is 42.0 Å². The summed E-state index contributed by atoms with van der Waals surface area (Å²) in [5.41, 5.74) is 10.2. The summed E-state index contributed by atoms with van der Waals surface area (Å²) in [7, 11) is 3.37. The Kier molecular flexibility index (Phi) is 4.71. The molecule has 2 N–H and O–H groups in total. The van der Waals surface area contributed by atoms with Crippen molar-refractivity contribution in [1.29, 1.82) is 0 Å². The molecule has 1 atom stereocenters. The molecule has 1 aliphatic rings. The van der Waals surface area contributed by atoms with Crippen molar-refractivity contribution in [2.24, 2.45) is 5.73 Å². The molecule has 0 saturated heterocycles. The first-order valence-corrected chi connectivity index (χ1v) is 8.88. The van der Waals surface area contributed by atoms with Crippen molar-refractivity contribution in [2.45, 2.75) is 51.2 Å². The van der Waals surface area contributed by atoms with Gasteiger partial charge in [-0.2, -0.15) is 0 Å². The van der Waals surface area contributed by atoms with Crippen LogP contribution in [0.3, 0.4) is 0 Å². The molecule has 5 heteroatoms. The number of amides is 1. The Labute approximate surface area is 155 Å². The number of carbonyl (C=O) groups is 1. The number of carbonyl (C=O) groups excluding carboxylic acids is 1. The maximum atomic E-state index is 12.5. The molecule has 1 aromatic carbocycles. The van der Waals surface area contributed by atoms with E-state index in [1.807, 2.05) is 25.1 Å². The average Bonchev–Trinajstić information content (AvgIpc) is 3.02. The predicted octanol–water partition coefficient (Wildman–Crippen LogP) is 3.19. The third kappa shape index (κ3) is 2.66. The lowest BCUT2D eigenvalue weighted by Crippen LogP contribution is -2.38. The van der Waals surface area contributed by atoms with E-state index in [4.69, 9.17) is 15.2 Å². The SMILES string of the molecule is COCc1c2c(c(COC)n1-c1ccccc1)C(C)(C(N)=O)CC2(C)C. The molecular formula is C21H28N2O3. The Hall–Kier alpha value is -2.11. The van der Waals surface area contributed by atoms with Crippen LogP contribution in [0.5, 0.6) is 0 Å². The summed E-state index contributed by atoms with van der Waals surface area (Å²) in [6, 6.07) is 10.1. The lowest BCUT2D eigenvalue weighted by atomic mass is 9.78. The number of aromatic nitrogens is 1. The Morgan fingerprint density at radius 1 is 1.04 bits per heavy atom. The molecule has 140 valence electrons. The highest BCUT2D eigenvalue weighted by Crippen LogP contribution is 2.54. The largest absolute Gasteiger partial charge is 0.378 e. The van der Waals surface area contributed by atoms with Crippen molar-refractivity contribution in [3.05, 3.63) is 52.8 Å². The van der Waals surface area contributed by atoms with Crippen LogP contribution in [0.4, 0.5) is 0 Å². The van der Waals surface area contributed by atoms with Crippen molar-refractivity contribution in [3.63, 3.8) is 0 Å². The fourth-order valence-corrected chi connectivity index (χ4v) is 4.71. The van der Waals surface area contributed by atoms with Crippen LogP contribution in [0, 0.1) is 0 Å². The van der Waals surface area contributed by atoms with Gasteiger partial charge in [0, 0.05) is 19.9 Å². The van der Waals surface area contributed by atoms with Gasteiger partial charge in [-0.1, -0.05) is 32.0 Å². The number of benzene rings is 1. The van der Waals surface area contributed by atoms with E-state index >= 15 is 0 Å². The second-order valence-electron chi connectivity index (χ2n) is 7.94. The summed E-state index contributed by atoms with van der Waals surface area (Å²) in [5, 5.41) is 0. The molecule has 1 aliphatic carbocycles. The van der Waals surface area contributed by atoms with E-state index in [1.165, 1.54) is 0 Å². The second kappa shape index (κ2) is 6.56. The number of methoxy groups -OCH3 is 2. The Morgan fingerprint density at radius 3 is 2.08 bits per heavy atom. The van der Waals surface area contributed by atoms with Crippen LogP contribution in [-0.4, -0.2) is 24.7 Å². The number of fused-ring (bicyclic) bond motifs is 1. The molecule has 2 aromatic rings. The lowest BCUT2D eigenvalue weighted by Gasteiger charge is -2.28. The van der Waals surface area contributed by atoms with Crippen LogP contribution in [0.1, 0.15) is 49.7 Å². The molecule has 1 unspecified atom stereocenters. The van der Waals surface area contributed by atoms with Crippen molar-refractivity contribution in [3.8, 4) is 5.69 Å². The number of ether oxygens (including phenoxy) is 2. The van der Waals surface area contributed by atoms with E-state index in [1.54, 1.807) is 14.2 Å². The van der Waals surface area contributed by atoms with Gasteiger partial charge in [0.05, 0.1) is 30.0 Å². The summed E-state index contributed by atoms with van der Waals surface area (Å²) in [4.78, 5) is 12.5. The van der Waals surface area contributed by atoms with Crippen LogP contribution in [0.15, 0.2) is 30.3 Å². The van der Waals surface area contributed by atoms with Gasteiger partial charge in [-0.3, -0.25) is 4.79 Å². The topological polar surface area (TPSA) is 66.5 Å². The van der Waals surface area contributed by atoms with Crippen LogP contribution in [0.2, 0.25) is 0 Å². The van der Waals surface area contributed by atoms with Gasteiger partial charge in [-0.25, -0.2) is 0 Å². The smallest absolute Gasteiger partial charge is 0.227 e. The molecule has 1 aromatic heterocycles. The van der Waals surface area contributed by atoms with Crippen LogP contribution in [-0.2, 0) is 38.3 Å². The molecule has 0 aliphatic heterocycles. The fourth-order valence-electron chi connectivity index (χ4n) is 4.71. The maximum absolute atomic E-state index is 12.5. The van der Waals surface area contributed by atoms with Gasteiger partial charge in [0.15, 0.2) is 0 Å². The summed E-state index contributed by atoms with van der Waals surface area (Å²) >= 11 is 0. The molecule has 26 heavy (non-hydrogen) atoms. The number of nitrogens with zero attached hydrogens (tertiary/aromatic N) is 1. The third-order valence-corrected chi connectivity index (χ3v) is 5.51. The molecule has 0 spiro atoms. The summed E-state index contributed by atoms with van der Waals surface area (Å²) < 4.78 is 13.3. The van der Waals surface area contributed by atoms with Crippen molar-refractivity contribution >= 4 is 5.91 Å². The van der Waals surface area contributed by atoms with Crippen molar-refractivity contribution in [1.82, 2.24) is 4.57 Å². The quantitative estimate of drug-likeness (QED) is 0.864. The minimum absolute atomic E-state index is 0.185. The van der Waals surface area contributed by atoms with Gasteiger partial charge < -0.3 is 19.8 Å². The minimum Gasteiger partial charge on any atom is -0.378 e. The number of hydrogen-bond donors (Lipinski definition) is 1. The van der Waals surface area contributed by atoms with E-state index in [9.17, 15) is 4.79 Å². The number of hydrogen-bond acceptors (Lipinski definition) is 3. The molecule has 0 fully saturated rings. The van der Waals surface area contributed by atoms with E-state index in [-0.39, 0.29) is 11.3 Å². The molecule has 3 rings (SSSR count). The molecular weight excluding hydrogens is 328 g/mol. The highest BCUT2D eigenvalue weighted by molar-refractivity contribution is 5.89. The van der Waals surface area contributed by atoms with Gasteiger partial charge in [-0.15, -0.1) is 0 Å². The first kappa shape index (κ1) is 18.7. The third-order valence-electron chi connectivity index (χ3n) is 5.51. The first-order valence-electron chi connectivity index (χ1n) is 8.88.